The number of aliphatic hydroxyl groups is 2. The number of rotatable bonds is 5. The summed E-state index contributed by atoms with van der Waals surface area (Å²) in [6.07, 6.45) is 6.78. The SMILES string of the molecule is CC(C)(C)CC(C)(C)O.CC(O)CC(C)(C)C.CCC(C)(C)C(C)(C)C.CCC(C)C(C)(C)C.CCCC(C)(C)C. The van der Waals surface area contributed by atoms with Crippen LogP contribution in [0, 0.1) is 38.4 Å². The first-order valence-corrected chi connectivity index (χ1v) is 16.9. The summed E-state index contributed by atoms with van der Waals surface area (Å²) in [6, 6.07) is 0. The Balaban J connectivity index is -0.000000132. The highest BCUT2D eigenvalue weighted by atomic mass is 16.3. The first-order chi connectivity index (χ1) is 17.5. The molecule has 0 aromatic heterocycles. The Hall–Kier alpha value is -0.0800. The van der Waals surface area contributed by atoms with E-state index in [-0.39, 0.29) is 16.9 Å². The molecule has 0 rings (SSSR count). The van der Waals surface area contributed by atoms with Crippen LogP contribution in [0.5, 0.6) is 0 Å². The third kappa shape index (κ3) is 47.1. The lowest BCUT2D eigenvalue weighted by atomic mass is 9.68. The molecule has 0 fully saturated rings. The van der Waals surface area contributed by atoms with Gasteiger partial charge in [-0.05, 0) is 78.4 Å². The molecular formula is C39H88O2. The van der Waals surface area contributed by atoms with Crippen LogP contribution in [-0.4, -0.2) is 21.9 Å². The molecule has 0 spiro atoms. The third-order valence-corrected chi connectivity index (χ3v) is 7.88. The van der Waals surface area contributed by atoms with Crippen molar-refractivity contribution in [2.45, 2.75) is 216 Å². The predicted molar refractivity (Wildman–Crippen MR) is 193 cm³/mol. The van der Waals surface area contributed by atoms with Gasteiger partial charge in [-0.25, -0.2) is 0 Å². The van der Waals surface area contributed by atoms with Crippen molar-refractivity contribution in [2.24, 2.45) is 38.4 Å². The standard InChI is InChI=1S/C9H20.C8H18O.C8H18.C7H16O.C7H16/c1-7-9(5,6)8(2,3)4;1-7(2,3)6-8(4,5)9;1-6-7(2)8(3,4)5;1-6(8)5-7(2,3)4;1-5-6-7(2,3)4/h7H2,1-6H3;9H,6H2,1-5H3;7H,6H2,1-5H3;6,8H,5H2,1-4H3;5-6H2,1-4H3. The lowest BCUT2D eigenvalue weighted by molar-refractivity contribution is 0.0371. The van der Waals surface area contributed by atoms with Gasteiger partial charge in [0.05, 0.1) is 11.7 Å². The van der Waals surface area contributed by atoms with Gasteiger partial charge in [0.1, 0.15) is 0 Å². The van der Waals surface area contributed by atoms with Gasteiger partial charge in [-0.15, -0.1) is 0 Å². The molecule has 0 aliphatic heterocycles. The molecule has 2 N–H and O–H groups in total. The zero-order valence-corrected chi connectivity index (χ0v) is 33.8. The Kier molecular flexibility index (Phi) is 25.6. The van der Waals surface area contributed by atoms with Crippen LogP contribution in [0.3, 0.4) is 0 Å². The molecule has 2 nitrogen and oxygen atoms in total. The van der Waals surface area contributed by atoms with Crippen molar-refractivity contribution in [3.8, 4) is 0 Å². The summed E-state index contributed by atoms with van der Waals surface area (Å²) in [5.41, 5.74) is 1.98. The van der Waals surface area contributed by atoms with Crippen LogP contribution in [-0.2, 0) is 0 Å². The van der Waals surface area contributed by atoms with Crippen LogP contribution in [0.2, 0.25) is 0 Å². The van der Waals surface area contributed by atoms with Crippen LogP contribution < -0.4 is 0 Å². The fourth-order valence-corrected chi connectivity index (χ4v) is 4.08. The maximum atomic E-state index is 9.35. The molecule has 0 heterocycles. The molecular weight excluding hydrogens is 500 g/mol. The van der Waals surface area contributed by atoms with Crippen LogP contribution in [0.1, 0.15) is 205 Å². The van der Waals surface area contributed by atoms with Gasteiger partial charge in [-0.1, -0.05) is 165 Å². The molecule has 0 saturated carbocycles. The molecule has 0 aromatic rings. The van der Waals surface area contributed by atoms with E-state index < -0.39 is 5.60 Å². The van der Waals surface area contributed by atoms with Gasteiger partial charge in [0, 0.05) is 0 Å². The van der Waals surface area contributed by atoms with Crippen molar-refractivity contribution in [3.05, 3.63) is 0 Å². The van der Waals surface area contributed by atoms with E-state index in [0.717, 1.165) is 18.8 Å². The van der Waals surface area contributed by atoms with Crippen LogP contribution >= 0.6 is 0 Å². The highest BCUT2D eigenvalue weighted by molar-refractivity contribution is 4.80. The summed E-state index contributed by atoms with van der Waals surface area (Å²) in [5.74, 6) is 0.850. The first kappa shape index (κ1) is 50.5. The van der Waals surface area contributed by atoms with E-state index in [1.807, 2.05) is 20.8 Å². The van der Waals surface area contributed by atoms with Gasteiger partial charge in [0.25, 0.3) is 0 Å². The lowest BCUT2D eigenvalue weighted by Crippen LogP contribution is -2.28. The fraction of sp³-hybridized carbons (Fsp3) is 1.00. The zero-order chi connectivity index (χ0) is 34.9. The topological polar surface area (TPSA) is 40.5 Å². The quantitative estimate of drug-likeness (QED) is 0.335. The number of hydrogen-bond donors (Lipinski definition) is 2. The molecule has 0 saturated heterocycles. The van der Waals surface area contributed by atoms with Crippen molar-refractivity contribution >= 4 is 0 Å². The van der Waals surface area contributed by atoms with Crippen molar-refractivity contribution in [1.82, 2.24) is 0 Å². The highest BCUT2D eigenvalue weighted by Gasteiger charge is 2.30. The Labute approximate surface area is 264 Å². The average molecular weight is 589 g/mol. The van der Waals surface area contributed by atoms with Gasteiger partial charge in [-0.3, -0.25) is 0 Å². The normalized spacial score (nSPS) is 14.5. The molecule has 0 aliphatic carbocycles. The fourth-order valence-electron chi connectivity index (χ4n) is 4.08. The minimum absolute atomic E-state index is 0.157. The predicted octanol–water partition coefficient (Wildman–Crippen LogP) is 13.4. The maximum absolute atomic E-state index is 9.35. The second-order valence-corrected chi connectivity index (χ2v) is 19.6. The van der Waals surface area contributed by atoms with Crippen LogP contribution in [0.15, 0.2) is 0 Å². The van der Waals surface area contributed by atoms with Crippen molar-refractivity contribution in [2.75, 3.05) is 0 Å². The van der Waals surface area contributed by atoms with E-state index in [1.54, 1.807) is 0 Å². The Morgan fingerprint density at radius 3 is 0.927 bits per heavy atom. The lowest BCUT2D eigenvalue weighted by Gasteiger charge is -2.37. The highest BCUT2D eigenvalue weighted by Crippen LogP contribution is 2.40. The molecule has 2 unspecified atom stereocenters. The van der Waals surface area contributed by atoms with Gasteiger partial charge < -0.3 is 10.2 Å². The summed E-state index contributed by atoms with van der Waals surface area (Å²) in [6.45, 7) is 52.6. The molecule has 256 valence electrons. The molecule has 0 aromatic carbocycles. The minimum atomic E-state index is -0.516. The molecule has 41 heavy (non-hydrogen) atoms. The summed E-state index contributed by atoms with van der Waals surface area (Å²) < 4.78 is 0. The molecule has 0 bridgehead atoms. The second-order valence-electron chi connectivity index (χ2n) is 19.6. The molecule has 0 amide bonds. The number of hydrogen-bond acceptors (Lipinski definition) is 2. The average Bonchev–Trinajstić information content (AvgIpc) is 2.61. The molecule has 2 heteroatoms. The third-order valence-electron chi connectivity index (χ3n) is 7.88. The van der Waals surface area contributed by atoms with Gasteiger partial charge in [0.15, 0.2) is 0 Å². The summed E-state index contributed by atoms with van der Waals surface area (Å²) >= 11 is 0. The smallest absolute Gasteiger partial charge is 0.0596 e. The van der Waals surface area contributed by atoms with Crippen molar-refractivity contribution < 1.29 is 10.2 Å². The van der Waals surface area contributed by atoms with Crippen molar-refractivity contribution in [3.63, 3.8) is 0 Å². The van der Waals surface area contributed by atoms with Crippen LogP contribution in [0.25, 0.3) is 0 Å². The van der Waals surface area contributed by atoms with Crippen molar-refractivity contribution in [1.29, 1.82) is 0 Å². The summed E-state index contributed by atoms with van der Waals surface area (Å²) in [4.78, 5) is 0. The molecule has 0 radical (unpaired) electrons. The zero-order valence-electron chi connectivity index (χ0n) is 33.8. The molecule has 0 aliphatic rings. The van der Waals surface area contributed by atoms with Gasteiger partial charge in [-0.2, -0.15) is 0 Å². The number of aliphatic hydroxyl groups excluding tert-OH is 1. The van der Waals surface area contributed by atoms with Gasteiger partial charge >= 0.3 is 0 Å². The monoisotopic (exact) mass is 589 g/mol. The summed E-state index contributed by atoms with van der Waals surface area (Å²) in [5, 5.41) is 18.2. The second kappa shape index (κ2) is 20.8. The maximum Gasteiger partial charge on any atom is 0.0596 e. The van der Waals surface area contributed by atoms with E-state index in [0.29, 0.717) is 21.7 Å². The Bertz CT molecular complexity index is 558. The van der Waals surface area contributed by atoms with Crippen LogP contribution in [0.4, 0.5) is 0 Å². The summed E-state index contributed by atoms with van der Waals surface area (Å²) in [7, 11) is 0. The van der Waals surface area contributed by atoms with Gasteiger partial charge in [0.2, 0.25) is 0 Å². The van der Waals surface area contributed by atoms with E-state index in [9.17, 15) is 5.11 Å². The Morgan fingerprint density at radius 2 is 0.927 bits per heavy atom. The first-order valence-electron chi connectivity index (χ1n) is 16.9. The largest absolute Gasteiger partial charge is 0.393 e. The molecule has 2 atom stereocenters. The van der Waals surface area contributed by atoms with E-state index in [1.165, 1.54) is 25.7 Å². The minimum Gasteiger partial charge on any atom is -0.393 e. The van der Waals surface area contributed by atoms with E-state index in [2.05, 4.69) is 145 Å². The van der Waals surface area contributed by atoms with E-state index >= 15 is 0 Å². The Morgan fingerprint density at radius 1 is 0.561 bits per heavy atom. The van der Waals surface area contributed by atoms with E-state index in [4.69, 9.17) is 5.11 Å².